The van der Waals surface area contributed by atoms with Crippen LogP contribution in [-0.4, -0.2) is 27.3 Å². The number of anilines is 2. The van der Waals surface area contributed by atoms with Gasteiger partial charge in [-0.2, -0.15) is 0 Å². The minimum absolute atomic E-state index is 0.00971. The first-order chi connectivity index (χ1) is 14.0. The fourth-order valence-corrected chi connectivity index (χ4v) is 4.44. The first kappa shape index (κ1) is 21.1. The van der Waals surface area contributed by atoms with E-state index in [0.717, 1.165) is 39.6 Å². The predicted molar refractivity (Wildman–Crippen MR) is 121 cm³/mol. The quantitative estimate of drug-likeness (QED) is 0.344. The van der Waals surface area contributed by atoms with Crippen LogP contribution in [-0.2, 0) is 24.1 Å². The van der Waals surface area contributed by atoms with Crippen LogP contribution in [0.1, 0.15) is 23.7 Å². The molecule has 0 aliphatic carbocycles. The molecule has 150 valence electrons. The number of thiophene rings is 1. The van der Waals surface area contributed by atoms with Gasteiger partial charge in [0.25, 0.3) is 0 Å². The molecular formula is C22H23N3O2S2. The summed E-state index contributed by atoms with van der Waals surface area (Å²) in [5, 5.41) is 12.3. The number of allylic oxidation sites excluding steroid dienone is 1. The number of aromatic nitrogens is 2. The van der Waals surface area contributed by atoms with Gasteiger partial charge in [0.15, 0.2) is 5.82 Å². The number of carboxylic acid groups (broad SMARTS) is 1. The molecule has 5 nitrogen and oxygen atoms in total. The normalized spacial score (nSPS) is 10.7. The van der Waals surface area contributed by atoms with Gasteiger partial charge in [0.1, 0.15) is 5.82 Å². The average molecular weight is 426 g/mol. The van der Waals surface area contributed by atoms with Crippen molar-refractivity contribution in [2.75, 3.05) is 11.6 Å². The Kier molecular flexibility index (Phi) is 7.06. The zero-order valence-electron chi connectivity index (χ0n) is 16.4. The standard InChI is InChI=1S/C22H23N3O2S2/c1-4-6-16-17(5-2)24-22(18-11-12-20(28-3)29-18)25-21(16)23-15-9-7-14(8-10-15)13-19(26)27/h4,7-12H,1,5-6,13H2,2-3H3,(H,26,27)(H,23,24,25). The lowest BCUT2D eigenvalue weighted by atomic mass is 10.1. The molecule has 0 radical (unpaired) electrons. The zero-order valence-corrected chi connectivity index (χ0v) is 18.1. The van der Waals surface area contributed by atoms with Gasteiger partial charge in [-0.1, -0.05) is 25.1 Å². The molecule has 0 amide bonds. The van der Waals surface area contributed by atoms with E-state index in [1.54, 1.807) is 23.1 Å². The number of nitrogens with zero attached hydrogens (tertiary/aromatic N) is 2. The summed E-state index contributed by atoms with van der Waals surface area (Å²) in [5.74, 6) is 0.634. The summed E-state index contributed by atoms with van der Waals surface area (Å²) in [7, 11) is 0. The number of carbonyl (C=O) groups is 1. The molecule has 2 heterocycles. The van der Waals surface area contributed by atoms with E-state index in [1.165, 1.54) is 4.21 Å². The van der Waals surface area contributed by atoms with Crippen LogP contribution in [0.2, 0.25) is 0 Å². The van der Waals surface area contributed by atoms with Crippen LogP contribution in [0.4, 0.5) is 11.5 Å². The molecule has 0 unspecified atom stereocenters. The summed E-state index contributed by atoms with van der Waals surface area (Å²) < 4.78 is 1.22. The second-order valence-corrected chi connectivity index (χ2v) is 8.57. The molecule has 2 aromatic heterocycles. The van der Waals surface area contributed by atoms with Crippen LogP contribution in [0.15, 0.2) is 53.3 Å². The highest BCUT2D eigenvalue weighted by atomic mass is 32.2. The molecule has 0 aliphatic rings. The minimum atomic E-state index is -0.840. The molecule has 2 N–H and O–H groups in total. The lowest BCUT2D eigenvalue weighted by molar-refractivity contribution is -0.136. The molecule has 3 aromatic rings. The SMILES string of the molecule is C=CCc1c(CC)nc(-c2ccc(SC)s2)nc1Nc1ccc(CC(=O)O)cc1. The molecule has 0 saturated carbocycles. The highest BCUT2D eigenvalue weighted by Gasteiger charge is 2.15. The maximum Gasteiger partial charge on any atom is 0.307 e. The smallest absolute Gasteiger partial charge is 0.307 e. The van der Waals surface area contributed by atoms with Crippen molar-refractivity contribution in [3.05, 3.63) is 65.9 Å². The van der Waals surface area contributed by atoms with Gasteiger partial charge in [0, 0.05) is 16.9 Å². The summed E-state index contributed by atoms with van der Waals surface area (Å²) in [6.45, 7) is 5.96. The van der Waals surface area contributed by atoms with Gasteiger partial charge in [-0.25, -0.2) is 9.97 Å². The molecule has 0 fully saturated rings. The summed E-state index contributed by atoms with van der Waals surface area (Å²) in [6, 6.07) is 11.5. The Balaban J connectivity index is 1.99. The molecule has 3 rings (SSSR count). The molecule has 0 spiro atoms. The number of benzene rings is 1. The van der Waals surface area contributed by atoms with Crippen molar-refractivity contribution in [1.82, 2.24) is 9.97 Å². The summed E-state index contributed by atoms with van der Waals surface area (Å²) >= 11 is 3.39. The number of nitrogens with one attached hydrogen (secondary N) is 1. The third-order valence-electron chi connectivity index (χ3n) is 4.35. The van der Waals surface area contributed by atoms with Gasteiger partial charge in [-0.3, -0.25) is 4.79 Å². The van der Waals surface area contributed by atoms with Crippen molar-refractivity contribution >= 4 is 40.6 Å². The second kappa shape index (κ2) is 9.71. The fourth-order valence-electron chi connectivity index (χ4n) is 2.96. The largest absolute Gasteiger partial charge is 0.481 e. The van der Waals surface area contributed by atoms with E-state index in [9.17, 15) is 4.79 Å². The van der Waals surface area contributed by atoms with Crippen LogP contribution in [0, 0.1) is 0 Å². The lowest BCUT2D eigenvalue weighted by Gasteiger charge is -2.15. The maximum atomic E-state index is 10.9. The first-order valence-electron chi connectivity index (χ1n) is 9.26. The number of aliphatic carboxylic acids is 1. The number of rotatable bonds is 9. The fraction of sp³-hybridized carbons (Fsp3) is 0.227. The Morgan fingerprint density at radius 3 is 2.59 bits per heavy atom. The summed E-state index contributed by atoms with van der Waals surface area (Å²) in [6.07, 6.45) is 5.39. The van der Waals surface area contributed by atoms with E-state index in [-0.39, 0.29) is 6.42 Å². The number of hydrogen-bond donors (Lipinski definition) is 2. The second-order valence-electron chi connectivity index (χ2n) is 6.38. The molecule has 0 saturated heterocycles. The van der Waals surface area contributed by atoms with Crippen LogP contribution >= 0.6 is 23.1 Å². The zero-order chi connectivity index (χ0) is 20.8. The van der Waals surface area contributed by atoms with E-state index >= 15 is 0 Å². The maximum absolute atomic E-state index is 10.9. The van der Waals surface area contributed by atoms with Gasteiger partial charge < -0.3 is 10.4 Å². The predicted octanol–water partition coefficient (Wildman–Crippen LogP) is 5.59. The third-order valence-corrected chi connectivity index (χ3v) is 6.52. The summed E-state index contributed by atoms with van der Waals surface area (Å²) in [4.78, 5) is 21.6. The van der Waals surface area contributed by atoms with E-state index < -0.39 is 5.97 Å². The monoisotopic (exact) mass is 425 g/mol. The Labute approximate surface area is 178 Å². The molecule has 29 heavy (non-hydrogen) atoms. The Morgan fingerprint density at radius 2 is 2.00 bits per heavy atom. The van der Waals surface area contributed by atoms with E-state index in [2.05, 4.69) is 37.2 Å². The van der Waals surface area contributed by atoms with Gasteiger partial charge in [-0.15, -0.1) is 29.7 Å². The Bertz CT molecular complexity index is 1010. The Hall–Kier alpha value is -2.64. The van der Waals surface area contributed by atoms with Crippen LogP contribution in [0.3, 0.4) is 0 Å². The van der Waals surface area contributed by atoms with Crippen molar-refractivity contribution in [3.8, 4) is 10.7 Å². The van der Waals surface area contributed by atoms with E-state index in [4.69, 9.17) is 15.1 Å². The topological polar surface area (TPSA) is 75.1 Å². The molecule has 0 atom stereocenters. The van der Waals surface area contributed by atoms with Gasteiger partial charge in [0.2, 0.25) is 0 Å². The number of carboxylic acids is 1. The summed E-state index contributed by atoms with van der Waals surface area (Å²) in [5.41, 5.74) is 3.64. The highest BCUT2D eigenvalue weighted by molar-refractivity contribution is 8.00. The third kappa shape index (κ3) is 5.25. The van der Waals surface area contributed by atoms with Gasteiger partial charge in [-0.05, 0) is 48.9 Å². The van der Waals surface area contributed by atoms with Crippen molar-refractivity contribution in [1.29, 1.82) is 0 Å². The minimum Gasteiger partial charge on any atom is -0.481 e. The Morgan fingerprint density at radius 1 is 1.24 bits per heavy atom. The van der Waals surface area contributed by atoms with Crippen LogP contribution in [0.5, 0.6) is 0 Å². The van der Waals surface area contributed by atoms with Crippen molar-refractivity contribution in [2.45, 2.75) is 30.4 Å². The number of aryl methyl sites for hydroxylation is 1. The van der Waals surface area contributed by atoms with Crippen molar-refractivity contribution in [3.63, 3.8) is 0 Å². The molecule has 1 aromatic carbocycles. The first-order valence-corrected chi connectivity index (χ1v) is 11.3. The van der Waals surface area contributed by atoms with Crippen LogP contribution < -0.4 is 5.32 Å². The van der Waals surface area contributed by atoms with Crippen LogP contribution in [0.25, 0.3) is 10.7 Å². The van der Waals surface area contributed by atoms with Gasteiger partial charge in [0.05, 0.1) is 15.5 Å². The molecular weight excluding hydrogens is 402 g/mol. The molecule has 0 bridgehead atoms. The molecule has 0 aliphatic heterocycles. The highest BCUT2D eigenvalue weighted by Crippen LogP contribution is 2.33. The lowest BCUT2D eigenvalue weighted by Crippen LogP contribution is -2.07. The average Bonchev–Trinajstić information content (AvgIpc) is 3.19. The number of hydrogen-bond acceptors (Lipinski definition) is 6. The van der Waals surface area contributed by atoms with E-state index in [1.807, 2.05) is 30.3 Å². The van der Waals surface area contributed by atoms with E-state index in [0.29, 0.717) is 12.2 Å². The van der Waals surface area contributed by atoms with Crippen molar-refractivity contribution < 1.29 is 9.90 Å². The van der Waals surface area contributed by atoms with Crippen molar-refractivity contribution in [2.24, 2.45) is 0 Å². The molecule has 7 heteroatoms. The van der Waals surface area contributed by atoms with Gasteiger partial charge >= 0.3 is 5.97 Å². The number of thioether (sulfide) groups is 1.